The van der Waals surface area contributed by atoms with Gasteiger partial charge in [0.15, 0.2) is 5.90 Å². The summed E-state index contributed by atoms with van der Waals surface area (Å²) < 4.78 is 19.0. The van der Waals surface area contributed by atoms with Gasteiger partial charge in [-0.15, -0.1) is 0 Å². The van der Waals surface area contributed by atoms with E-state index in [1.807, 2.05) is 20.8 Å². The zero-order valence-corrected chi connectivity index (χ0v) is 18.7. The standard InChI is InChI=1S/C21H37FN2O.C2H6/c1-17-10-13-24(14-11-19-8-6-5-7-9-19)15-12-20(17)23-18(2)25-16-21(3,4)22;1-2/h19H,5-16H2,1-4H3;1-2H3. The quantitative estimate of drug-likeness (QED) is 0.385. The van der Waals surface area contributed by atoms with Crippen LogP contribution in [0.3, 0.4) is 0 Å². The highest BCUT2D eigenvalue weighted by Crippen LogP contribution is 2.27. The lowest BCUT2D eigenvalue weighted by Gasteiger charge is -2.26. The summed E-state index contributed by atoms with van der Waals surface area (Å²) in [6, 6.07) is 0. The molecule has 1 aliphatic heterocycles. The van der Waals surface area contributed by atoms with Crippen LogP contribution in [0.1, 0.15) is 92.9 Å². The van der Waals surface area contributed by atoms with Crippen LogP contribution >= 0.6 is 0 Å². The van der Waals surface area contributed by atoms with Gasteiger partial charge in [-0.3, -0.25) is 0 Å². The number of hydrogen-bond acceptors (Lipinski definition) is 3. The summed E-state index contributed by atoms with van der Waals surface area (Å²) in [5, 5.41) is 0. The Hall–Kier alpha value is -0.900. The molecule has 1 saturated carbocycles. The molecule has 0 N–H and O–H groups in total. The van der Waals surface area contributed by atoms with Crippen LogP contribution in [0, 0.1) is 5.92 Å². The van der Waals surface area contributed by atoms with E-state index in [1.54, 1.807) is 0 Å². The molecule has 0 atom stereocenters. The van der Waals surface area contributed by atoms with E-state index in [1.165, 1.54) is 64.5 Å². The number of rotatable bonds is 6. The molecule has 1 heterocycles. The smallest absolute Gasteiger partial charge is 0.184 e. The monoisotopic (exact) mass is 382 g/mol. The topological polar surface area (TPSA) is 24.8 Å². The summed E-state index contributed by atoms with van der Waals surface area (Å²) in [6.45, 7) is 14.6. The van der Waals surface area contributed by atoms with Crippen molar-refractivity contribution in [2.75, 3.05) is 26.2 Å². The van der Waals surface area contributed by atoms with Crippen molar-refractivity contribution >= 4 is 5.90 Å². The first kappa shape index (κ1) is 24.1. The van der Waals surface area contributed by atoms with E-state index in [0.29, 0.717) is 5.90 Å². The lowest BCUT2D eigenvalue weighted by atomic mass is 9.87. The molecule has 0 bridgehead atoms. The van der Waals surface area contributed by atoms with Crippen LogP contribution in [0.25, 0.3) is 0 Å². The average molecular weight is 383 g/mol. The molecular formula is C23H43FN2O. The summed E-state index contributed by atoms with van der Waals surface area (Å²) in [4.78, 5) is 7.24. The number of nitrogens with zero attached hydrogens (tertiary/aromatic N) is 2. The predicted molar refractivity (Wildman–Crippen MR) is 115 cm³/mol. The van der Waals surface area contributed by atoms with Crippen molar-refractivity contribution in [2.45, 2.75) is 98.6 Å². The van der Waals surface area contributed by atoms with Gasteiger partial charge >= 0.3 is 0 Å². The molecule has 0 aromatic carbocycles. The van der Waals surface area contributed by atoms with Gasteiger partial charge in [0.25, 0.3) is 0 Å². The van der Waals surface area contributed by atoms with Crippen LogP contribution in [0.15, 0.2) is 16.3 Å². The maximum absolute atomic E-state index is 13.6. The van der Waals surface area contributed by atoms with E-state index in [9.17, 15) is 4.39 Å². The highest BCUT2D eigenvalue weighted by Gasteiger charge is 2.19. The average Bonchev–Trinajstić information content (AvgIpc) is 2.82. The molecular weight excluding hydrogens is 339 g/mol. The maximum Gasteiger partial charge on any atom is 0.184 e. The van der Waals surface area contributed by atoms with Gasteiger partial charge in [-0.2, -0.15) is 0 Å². The minimum Gasteiger partial charge on any atom is -0.478 e. The van der Waals surface area contributed by atoms with Gasteiger partial charge in [0, 0.05) is 32.1 Å². The van der Waals surface area contributed by atoms with E-state index in [-0.39, 0.29) is 6.61 Å². The Morgan fingerprint density at radius 1 is 1.15 bits per heavy atom. The van der Waals surface area contributed by atoms with Crippen molar-refractivity contribution in [2.24, 2.45) is 10.9 Å². The highest BCUT2D eigenvalue weighted by molar-refractivity contribution is 5.74. The number of aliphatic imine (C=N–C) groups is 1. The molecule has 158 valence electrons. The molecule has 1 fully saturated rings. The molecule has 1 aliphatic carbocycles. The second-order valence-electron chi connectivity index (χ2n) is 8.50. The van der Waals surface area contributed by atoms with E-state index in [4.69, 9.17) is 4.74 Å². The second-order valence-corrected chi connectivity index (χ2v) is 8.50. The Balaban J connectivity index is 0.00000176. The largest absolute Gasteiger partial charge is 0.478 e. The molecule has 0 aromatic rings. The van der Waals surface area contributed by atoms with Crippen molar-refractivity contribution in [3.63, 3.8) is 0 Å². The zero-order valence-electron chi connectivity index (χ0n) is 18.7. The molecule has 0 radical (unpaired) electrons. The van der Waals surface area contributed by atoms with Gasteiger partial charge in [0.2, 0.25) is 0 Å². The number of ether oxygens (including phenoxy) is 1. The lowest BCUT2D eigenvalue weighted by Crippen LogP contribution is -2.28. The Labute approximate surface area is 167 Å². The highest BCUT2D eigenvalue weighted by atomic mass is 19.1. The van der Waals surface area contributed by atoms with Gasteiger partial charge in [-0.05, 0) is 46.1 Å². The molecule has 0 aromatic heterocycles. The van der Waals surface area contributed by atoms with Gasteiger partial charge in [0.05, 0.1) is 0 Å². The van der Waals surface area contributed by atoms with Crippen LogP contribution in [-0.4, -0.2) is 42.7 Å². The SMILES string of the molecule is CC.CC(=NC1=C(C)CCN(CCC2CCCCC2)CC1)OCC(C)(C)F. The van der Waals surface area contributed by atoms with Crippen LogP contribution < -0.4 is 0 Å². The Kier molecular flexibility index (Phi) is 11.2. The van der Waals surface area contributed by atoms with E-state index >= 15 is 0 Å². The van der Waals surface area contributed by atoms with Gasteiger partial charge < -0.3 is 9.64 Å². The summed E-state index contributed by atoms with van der Waals surface area (Å²) in [5.74, 6) is 1.53. The van der Waals surface area contributed by atoms with E-state index < -0.39 is 5.67 Å². The first-order valence-electron chi connectivity index (χ1n) is 11.1. The van der Waals surface area contributed by atoms with Crippen molar-refractivity contribution in [1.82, 2.24) is 4.90 Å². The maximum atomic E-state index is 13.6. The fraction of sp³-hybridized carbons (Fsp3) is 0.870. The Morgan fingerprint density at radius 3 is 2.41 bits per heavy atom. The van der Waals surface area contributed by atoms with E-state index in [0.717, 1.165) is 37.5 Å². The van der Waals surface area contributed by atoms with E-state index in [2.05, 4.69) is 16.8 Å². The molecule has 0 amide bonds. The predicted octanol–water partition coefficient (Wildman–Crippen LogP) is 6.54. The van der Waals surface area contributed by atoms with Crippen LogP contribution in [0.2, 0.25) is 0 Å². The summed E-state index contributed by atoms with van der Waals surface area (Å²) in [5.41, 5.74) is 1.16. The third-order valence-electron chi connectivity index (χ3n) is 5.46. The first-order chi connectivity index (χ1) is 12.8. The second kappa shape index (κ2) is 12.5. The van der Waals surface area contributed by atoms with Gasteiger partial charge in [0.1, 0.15) is 12.3 Å². The minimum atomic E-state index is -1.32. The fourth-order valence-electron chi connectivity index (χ4n) is 3.77. The molecule has 0 spiro atoms. The molecule has 0 saturated heterocycles. The molecule has 0 unspecified atom stereocenters. The number of halogens is 1. The molecule has 27 heavy (non-hydrogen) atoms. The summed E-state index contributed by atoms with van der Waals surface area (Å²) in [7, 11) is 0. The molecule has 2 aliphatic rings. The fourth-order valence-corrected chi connectivity index (χ4v) is 3.77. The normalized spacial score (nSPS) is 20.8. The lowest BCUT2D eigenvalue weighted by molar-refractivity contribution is 0.113. The van der Waals surface area contributed by atoms with Crippen LogP contribution in [0.4, 0.5) is 4.39 Å². The Morgan fingerprint density at radius 2 is 1.78 bits per heavy atom. The summed E-state index contributed by atoms with van der Waals surface area (Å²) in [6.07, 6.45) is 10.6. The zero-order chi connectivity index (χ0) is 20.3. The molecule has 2 rings (SSSR count). The van der Waals surface area contributed by atoms with Crippen molar-refractivity contribution in [3.05, 3.63) is 11.3 Å². The number of alkyl halides is 1. The van der Waals surface area contributed by atoms with Crippen LogP contribution in [0.5, 0.6) is 0 Å². The van der Waals surface area contributed by atoms with Crippen LogP contribution in [-0.2, 0) is 4.74 Å². The third kappa shape index (κ3) is 10.3. The van der Waals surface area contributed by atoms with Crippen molar-refractivity contribution < 1.29 is 9.13 Å². The summed E-state index contributed by atoms with van der Waals surface area (Å²) >= 11 is 0. The first-order valence-corrected chi connectivity index (χ1v) is 11.1. The molecule has 4 heteroatoms. The van der Waals surface area contributed by atoms with Gasteiger partial charge in [-0.1, -0.05) is 51.5 Å². The Bertz CT molecular complexity index is 473. The third-order valence-corrected chi connectivity index (χ3v) is 5.46. The van der Waals surface area contributed by atoms with Crippen molar-refractivity contribution in [3.8, 4) is 0 Å². The van der Waals surface area contributed by atoms with Crippen molar-refractivity contribution in [1.29, 1.82) is 0 Å². The number of hydrogen-bond donors (Lipinski definition) is 0. The minimum absolute atomic E-state index is 0.0577. The van der Waals surface area contributed by atoms with Gasteiger partial charge in [-0.25, -0.2) is 9.38 Å². The molecule has 3 nitrogen and oxygen atoms in total.